The highest BCUT2D eigenvalue weighted by atomic mass is 16.6. The number of carbonyl (C=O) groups is 1. The SMILES string of the molecule is CNc1cc2nc3c1ncn3C(=O)N[C@@H]1CC[C@H]1OCc1cc(c3c(c1)OCC(C)(C)O3)N2. The summed E-state index contributed by atoms with van der Waals surface area (Å²) < 4.78 is 19.9. The summed E-state index contributed by atoms with van der Waals surface area (Å²) in [5, 5.41) is 9.59. The fourth-order valence-electron chi connectivity index (χ4n) is 4.40. The van der Waals surface area contributed by atoms with Gasteiger partial charge in [0.2, 0.25) is 0 Å². The van der Waals surface area contributed by atoms with Gasteiger partial charge in [-0.25, -0.2) is 19.3 Å². The molecule has 2 aliphatic heterocycles. The summed E-state index contributed by atoms with van der Waals surface area (Å²) in [6.45, 7) is 4.82. The Morgan fingerprint density at radius 1 is 1.24 bits per heavy atom. The Kier molecular flexibility index (Phi) is 4.41. The lowest BCUT2D eigenvalue weighted by molar-refractivity contribution is -0.0325. The van der Waals surface area contributed by atoms with Crippen LogP contribution in [0.5, 0.6) is 11.5 Å². The first-order valence-electron chi connectivity index (χ1n) is 11.1. The second-order valence-corrected chi connectivity index (χ2v) is 9.32. The normalized spacial score (nSPS) is 23.1. The van der Waals surface area contributed by atoms with Crippen LogP contribution in [0, 0.1) is 0 Å². The summed E-state index contributed by atoms with van der Waals surface area (Å²) in [6.07, 6.45) is 3.21. The predicted octanol–water partition coefficient (Wildman–Crippen LogP) is 3.39. The molecule has 4 heterocycles. The molecule has 2 atom stereocenters. The molecule has 172 valence electrons. The van der Waals surface area contributed by atoms with Gasteiger partial charge in [0, 0.05) is 13.1 Å². The molecule has 10 heteroatoms. The molecule has 1 saturated carbocycles. The van der Waals surface area contributed by atoms with E-state index in [4.69, 9.17) is 19.2 Å². The summed E-state index contributed by atoms with van der Waals surface area (Å²) in [7, 11) is 1.81. The second kappa shape index (κ2) is 7.24. The van der Waals surface area contributed by atoms with Crippen LogP contribution in [0.25, 0.3) is 11.2 Å². The molecule has 1 amide bonds. The standard InChI is InChI=1S/C23H26N6O4/c1-23(2)10-32-17-7-12-6-15(20(17)33-23)26-18-8-14(24-3)19-21(28-18)29(11-25-19)22(30)27-13-4-5-16(13)31-9-12/h6-8,11,13,16H,4-5,9-10H2,1-3H3,(H,27,30)(H2,24,26,28)/t13-,16-/m1/s1. The largest absolute Gasteiger partial charge is 0.485 e. The zero-order valence-corrected chi connectivity index (χ0v) is 18.8. The van der Waals surface area contributed by atoms with Gasteiger partial charge in [-0.1, -0.05) is 0 Å². The number of amides is 1. The summed E-state index contributed by atoms with van der Waals surface area (Å²) in [4.78, 5) is 22.2. The maximum atomic E-state index is 13.0. The van der Waals surface area contributed by atoms with Crippen LogP contribution in [0.2, 0.25) is 0 Å². The Balaban J connectivity index is 1.52. The monoisotopic (exact) mass is 450 g/mol. The van der Waals surface area contributed by atoms with Crippen LogP contribution in [-0.2, 0) is 11.3 Å². The molecule has 0 spiro atoms. The molecule has 1 aliphatic carbocycles. The number of carbonyl (C=O) groups excluding carboxylic acids is 1. The maximum absolute atomic E-state index is 13.0. The number of benzene rings is 1. The van der Waals surface area contributed by atoms with Crippen molar-refractivity contribution in [2.45, 2.75) is 51.0 Å². The fourth-order valence-corrected chi connectivity index (χ4v) is 4.40. The lowest BCUT2D eigenvalue weighted by Gasteiger charge is -2.37. The molecule has 0 radical (unpaired) electrons. The van der Waals surface area contributed by atoms with E-state index < -0.39 is 5.60 Å². The van der Waals surface area contributed by atoms with E-state index in [0.717, 1.165) is 29.8 Å². The van der Waals surface area contributed by atoms with Gasteiger partial charge in [-0.3, -0.25) is 0 Å². The zero-order chi connectivity index (χ0) is 22.7. The van der Waals surface area contributed by atoms with Crippen LogP contribution in [0.1, 0.15) is 32.3 Å². The number of fused-ring (bicyclic) bond motifs is 6. The number of ether oxygens (including phenoxy) is 3. The van der Waals surface area contributed by atoms with Crippen molar-refractivity contribution in [3.8, 4) is 11.5 Å². The first-order valence-corrected chi connectivity index (χ1v) is 11.1. The number of hydrogen-bond acceptors (Lipinski definition) is 8. The molecule has 0 saturated heterocycles. The van der Waals surface area contributed by atoms with E-state index in [1.807, 2.05) is 39.1 Å². The highest BCUT2D eigenvalue weighted by molar-refractivity contribution is 5.94. The van der Waals surface area contributed by atoms with Crippen molar-refractivity contribution in [1.29, 1.82) is 0 Å². The minimum Gasteiger partial charge on any atom is -0.485 e. The molecular formula is C23H26N6O4. The summed E-state index contributed by atoms with van der Waals surface area (Å²) in [5.41, 5.74) is 3.04. The maximum Gasteiger partial charge on any atom is 0.328 e. The number of aromatic nitrogens is 3. The zero-order valence-electron chi connectivity index (χ0n) is 18.8. The lowest BCUT2D eigenvalue weighted by atomic mass is 9.89. The van der Waals surface area contributed by atoms with Gasteiger partial charge in [0.05, 0.1) is 30.1 Å². The molecule has 0 unspecified atom stereocenters. The highest BCUT2D eigenvalue weighted by Gasteiger charge is 2.35. The van der Waals surface area contributed by atoms with Gasteiger partial charge in [0.1, 0.15) is 29.9 Å². The number of nitrogens with one attached hydrogen (secondary N) is 3. The van der Waals surface area contributed by atoms with E-state index in [1.54, 1.807) is 0 Å². The van der Waals surface area contributed by atoms with Crippen molar-refractivity contribution in [3.05, 3.63) is 30.1 Å². The lowest BCUT2D eigenvalue weighted by Crippen LogP contribution is -2.52. The van der Waals surface area contributed by atoms with Crippen molar-refractivity contribution < 1.29 is 19.0 Å². The van der Waals surface area contributed by atoms with Crippen molar-refractivity contribution in [3.63, 3.8) is 0 Å². The van der Waals surface area contributed by atoms with Gasteiger partial charge in [-0.2, -0.15) is 0 Å². The Hall–Kier alpha value is -3.53. The van der Waals surface area contributed by atoms with Gasteiger partial charge >= 0.3 is 6.03 Å². The van der Waals surface area contributed by atoms with Crippen molar-refractivity contribution in [2.24, 2.45) is 0 Å². The molecule has 4 bridgehead atoms. The first kappa shape index (κ1) is 20.1. The van der Waals surface area contributed by atoms with Gasteiger partial charge in [0.15, 0.2) is 17.1 Å². The molecule has 6 rings (SSSR count). The number of hydrogen-bond donors (Lipinski definition) is 3. The smallest absolute Gasteiger partial charge is 0.328 e. The average Bonchev–Trinajstić information content (AvgIpc) is 3.20. The molecule has 3 N–H and O–H groups in total. The van der Waals surface area contributed by atoms with E-state index in [-0.39, 0.29) is 18.2 Å². The van der Waals surface area contributed by atoms with Crippen molar-refractivity contribution in [2.75, 3.05) is 24.3 Å². The molecule has 3 aromatic rings. The number of imidazole rings is 1. The van der Waals surface area contributed by atoms with E-state index in [9.17, 15) is 4.79 Å². The molecule has 1 fully saturated rings. The molecule has 33 heavy (non-hydrogen) atoms. The molecule has 10 nitrogen and oxygen atoms in total. The topological polar surface area (TPSA) is 112 Å². The molecule has 1 aromatic carbocycles. The Morgan fingerprint density at radius 3 is 2.91 bits per heavy atom. The predicted molar refractivity (Wildman–Crippen MR) is 123 cm³/mol. The second-order valence-electron chi connectivity index (χ2n) is 9.32. The van der Waals surface area contributed by atoms with Crippen molar-refractivity contribution >= 4 is 34.4 Å². The number of rotatable bonds is 1. The molecular weight excluding hydrogens is 424 g/mol. The summed E-state index contributed by atoms with van der Waals surface area (Å²) in [6, 6.07) is 5.49. The average molecular weight is 450 g/mol. The van der Waals surface area contributed by atoms with E-state index in [0.29, 0.717) is 41.7 Å². The van der Waals surface area contributed by atoms with Crippen LogP contribution >= 0.6 is 0 Å². The van der Waals surface area contributed by atoms with E-state index >= 15 is 0 Å². The number of pyridine rings is 1. The van der Waals surface area contributed by atoms with Crippen LogP contribution < -0.4 is 25.4 Å². The first-order chi connectivity index (χ1) is 15.9. The molecule has 3 aliphatic rings. The van der Waals surface area contributed by atoms with Gasteiger partial charge < -0.3 is 30.2 Å². The van der Waals surface area contributed by atoms with E-state index in [2.05, 4.69) is 20.9 Å². The number of anilines is 3. The number of nitrogens with zero attached hydrogens (tertiary/aromatic N) is 3. The summed E-state index contributed by atoms with van der Waals surface area (Å²) in [5.74, 6) is 1.85. The Labute approximate surface area is 190 Å². The van der Waals surface area contributed by atoms with Gasteiger partial charge in [-0.05, 0) is 44.4 Å². The highest BCUT2D eigenvalue weighted by Crippen LogP contribution is 2.44. The minimum absolute atomic E-state index is 0.0494. The van der Waals surface area contributed by atoms with Crippen LogP contribution in [0.15, 0.2) is 24.5 Å². The fraction of sp³-hybridized carbons (Fsp3) is 0.435. The third-order valence-electron chi connectivity index (χ3n) is 6.31. The van der Waals surface area contributed by atoms with Crippen LogP contribution in [0.3, 0.4) is 0 Å². The Bertz CT molecular complexity index is 1270. The van der Waals surface area contributed by atoms with E-state index in [1.165, 1.54) is 10.9 Å². The van der Waals surface area contributed by atoms with Gasteiger partial charge in [-0.15, -0.1) is 0 Å². The van der Waals surface area contributed by atoms with Crippen LogP contribution in [-0.4, -0.2) is 52.0 Å². The quantitative estimate of drug-likeness (QED) is 0.517. The Morgan fingerprint density at radius 2 is 2.12 bits per heavy atom. The minimum atomic E-state index is -0.467. The third-order valence-corrected chi connectivity index (χ3v) is 6.31. The van der Waals surface area contributed by atoms with Gasteiger partial charge in [0.25, 0.3) is 0 Å². The summed E-state index contributed by atoms with van der Waals surface area (Å²) >= 11 is 0. The van der Waals surface area contributed by atoms with Crippen molar-refractivity contribution in [1.82, 2.24) is 19.9 Å². The third kappa shape index (κ3) is 3.41. The molecule has 2 aromatic heterocycles. The van der Waals surface area contributed by atoms with Crippen LogP contribution in [0.4, 0.5) is 22.0 Å².